The quantitative estimate of drug-likeness (QED) is 0.466. The van der Waals surface area contributed by atoms with Gasteiger partial charge in [-0.3, -0.25) is 9.78 Å². The predicted octanol–water partition coefficient (Wildman–Crippen LogP) is 5.56. The lowest BCUT2D eigenvalue weighted by Gasteiger charge is -2.26. The molecule has 9 heteroatoms. The van der Waals surface area contributed by atoms with Crippen molar-refractivity contribution in [1.29, 1.82) is 0 Å². The van der Waals surface area contributed by atoms with Crippen LogP contribution in [0.15, 0.2) is 65.7 Å². The normalized spacial score (nSPS) is 20.6. The lowest BCUT2D eigenvalue weighted by Crippen LogP contribution is -2.46. The van der Waals surface area contributed by atoms with E-state index in [1.165, 1.54) is 35.0 Å². The second-order valence-corrected chi connectivity index (χ2v) is 10.7. The number of hydrogen-bond donors (Lipinski definition) is 1. The molecule has 2 atom stereocenters. The van der Waals surface area contributed by atoms with Crippen molar-refractivity contribution in [2.24, 2.45) is 0 Å². The van der Waals surface area contributed by atoms with E-state index >= 15 is 0 Å². The van der Waals surface area contributed by atoms with E-state index in [-0.39, 0.29) is 34.7 Å². The SMILES string of the molecule is O=C(O)[C@@H]1C[C@@H](Sc2cccc(-c3ccc(F)cc3)c2)CN1C(=O)C1(c2ncc(Cl)cc2F)CC1. The van der Waals surface area contributed by atoms with Crippen LogP contribution in [-0.4, -0.2) is 44.7 Å². The average Bonchev–Trinajstić information content (AvgIpc) is 3.52. The number of nitrogens with zero attached hydrogens (tertiary/aromatic N) is 2. The molecule has 1 saturated heterocycles. The molecule has 1 saturated carbocycles. The summed E-state index contributed by atoms with van der Waals surface area (Å²) in [5, 5.41) is 9.83. The highest BCUT2D eigenvalue weighted by atomic mass is 35.5. The van der Waals surface area contributed by atoms with Crippen molar-refractivity contribution in [2.75, 3.05) is 6.54 Å². The minimum atomic E-state index is -1.13. The number of carbonyl (C=O) groups excluding carboxylic acids is 1. The van der Waals surface area contributed by atoms with Gasteiger partial charge in [0.05, 0.1) is 16.1 Å². The monoisotopic (exact) mass is 514 g/mol. The van der Waals surface area contributed by atoms with Crippen molar-refractivity contribution in [3.05, 3.63) is 83.1 Å². The number of likely N-dealkylation sites (tertiary alicyclic amines) is 1. The molecule has 0 unspecified atom stereocenters. The van der Waals surface area contributed by atoms with Crippen LogP contribution >= 0.6 is 23.4 Å². The van der Waals surface area contributed by atoms with Crippen molar-refractivity contribution in [2.45, 2.75) is 40.9 Å². The number of benzene rings is 2. The molecule has 2 fully saturated rings. The van der Waals surface area contributed by atoms with Crippen LogP contribution in [0.1, 0.15) is 25.0 Å². The second kappa shape index (κ2) is 9.24. The standard InChI is InChI=1S/C26H21ClF2N2O3S/c27-17-11-21(29)23(30-13-17)26(8-9-26)25(34)31-14-20(12-22(31)24(32)33)35-19-3-1-2-16(10-19)15-4-6-18(28)7-5-15/h1-7,10-11,13,20,22H,8-9,12,14H2,(H,32,33)/t20-,22+/m1/s1. The minimum absolute atomic E-state index is 0.0270. The van der Waals surface area contributed by atoms with E-state index in [2.05, 4.69) is 4.98 Å². The van der Waals surface area contributed by atoms with Crippen LogP contribution in [0.4, 0.5) is 8.78 Å². The first-order valence-electron chi connectivity index (χ1n) is 11.1. The van der Waals surface area contributed by atoms with Gasteiger partial charge in [-0.05, 0) is 60.7 Å². The fourth-order valence-corrected chi connectivity index (χ4v) is 6.04. The Morgan fingerprint density at radius 3 is 2.49 bits per heavy atom. The lowest BCUT2D eigenvalue weighted by atomic mass is 9.98. The Morgan fingerprint density at radius 2 is 1.83 bits per heavy atom. The topological polar surface area (TPSA) is 70.5 Å². The predicted molar refractivity (Wildman–Crippen MR) is 129 cm³/mol. The van der Waals surface area contributed by atoms with Gasteiger partial charge in [0.15, 0.2) is 0 Å². The number of aromatic nitrogens is 1. The first kappa shape index (κ1) is 23.8. The van der Waals surface area contributed by atoms with Gasteiger partial charge < -0.3 is 10.0 Å². The highest BCUT2D eigenvalue weighted by molar-refractivity contribution is 8.00. The van der Waals surface area contributed by atoms with Crippen molar-refractivity contribution in [3.63, 3.8) is 0 Å². The maximum absolute atomic E-state index is 14.6. The Balaban J connectivity index is 1.36. The summed E-state index contributed by atoms with van der Waals surface area (Å²) in [5.74, 6) is -2.45. The van der Waals surface area contributed by atoms with Crippen molar-refractivity contribution in [1.82, 2.24) is 9.88 Å². The summed E-state index contributed by atoms with van der Waals surface area (Å²) < 4.78 is 27.9. The van der Waals surface area contributed by atoms with Gasteiger partial charge in [-0.15, -0.1) is 11.8 Å². The third-order valence-electron chi connectivity index (χ3n) is 6.54. The van der Waals surface area contributed by atoms with E-state index in [0.29, 0.717) is 12.8 Å². The number of pyridine rings is 1. The number of aliphatic carboxylic acids is 1. The van der Waals surface area contributed by atoms with Gasteiger partial charge in [0.2, 0.25) is 5.91 Å². The number of carboxylic acid groups (broad SMARTS) is 1. The number of thioether (sulfide) groups is 1. The van der Waals surface area contributed by atoms with Crippen LogP contribution in [0.5, 0.6) is 0 Å². The van der Waals surface area contributed by atoms with E-state index in [1.807, 2.05) is 24.3 Å². The van der Waals surface area contributed by atoms with E-state index < -0.39 is 29.2 Å². The average molecular weight is 515 g/mol. The number of halogens is 3. The number of carbonyl (C=O) groups is 2. The molecule has 1 aliphatic carbocycles. The number of hydrogen-bond acceptors (Lipinski definition) is 4. The van der Waals surface area contributed by atoms with Crippen LogP contribution in [0, 0.1) is 11.6 Å². The van der Waals surface area contributed by atoms with Crippen LogP contribution in [0.2, 0.25) is 5.02 Å². The maximum atomic E-state index is 14.6. The molecule has 0 bridgehead atoms. The van der Waals surface area contributed by atoms with Crippen molar-refractivity contribution < 1.29 is 23.5 Å². The molecular formula is C26H21ClF2N2O3S. The fraction of sp³-hybridized carbons (Fsp3) is 0.269. The zero-order valence-electron chi connectivity index (χ0n) is 18.5. The minimum Gasteiger partial charge on any atom is -0.480 e. The van der Waals surface area contributed by atoms with Gasteiger partial charge in [-0.25, -0.2) is 13.6 Å². The molecule has 2 aromatic carbocycles. The largest absolute Gasteiger partial charge is 0.480 e. The summed E-state index contributed by atoms with van der Waals surface area (Å²) >= 11 is 7.32. The third kappa shape index (κ3) is 4.65. The summed E-state index contributed by atoms with van der Waals surface area (Å²) in [6, 6.07) is 14.0. The van der Waals surface area contributed by atoms with E-state index in [0.717, 1.165) is 22.1 Å². The summed E-state index contributed by atoms with van der Waals surface area (Å²) in [6.07, 6.45) is 2.41. The Morgan fingerprint density at radius 1 is 1.09 bits per heavy atom. The second-order valence-electron chi connectivity index (χ2n) is 8.89. The van der Waals surface area contributed by atoms with Crippen LogP contribution in [-0.2, 0) is 15.0 Å². The highest BCUT2D eigenvalue weighted by Gasteiger charge is 2.58. The van der Waals surface area contributed by atoms with E-state index in [1.54, 1.807) is 12.1 Å². The summed E-state index contributed by atoms with van der Waals surface area (Å²) in [4.78, 5) is 31.9. The van der Waals surface area contributed by atoms with Gasteiger partial charge in [0, 0.05) is 22.9 Å². The maximum Gasteiger partial charge on any atom is 0.326 e. The Hall–Kier alpha value is -2.97. The highest BCUT2D eigenvalue weighted by Crippen LogP contribution is 2.51. The fourth-order valence-electron chi connectivity index (χ4n) is 4.64. The van der Waals surface area contributed by atoms with Gasteiger partial charge in [0.25, 0.3) is 0 Å². The first-order valence-corrected chi connectivity index (χ1v) is 12.4. The number of rotatable bonds is 6. The Kier molecular flexibility index (Phi) is 6.27. The lowest BCUT2D eigenvalue weighted by molar-refractivity contribution is -0.149. The molecule has 180 valence electrons. The van der Waals surface area contributed by atoms with Crippen molar-refractivity contribution >= 4 is 35.2 Å². The molecular weight excluding hydrogens is 494 g/mol. The Bertz CT molecular complexity index is 1300. The zero-order chi connectivity index (χ0) is 24.7. The molecule has 1 N–H and O–H groups in total. The molecule has 3 aromatic rings. The summed E-state index contributed by atoms with van der Waals surface area (Å²) in [5.41, 5.74) is 0.675. The summed E-state index contributed by atoms with van der Waals surface area (Å²) in [7, 11) is 0. The van der Waals surface area contributed by atoms with E-state index in [9.17, 15) is 23.5 Å². The van der Waals surface area contributed by atoms with Gasteiger partial charge in [0.1, 0.15) is 17.7 Å². The number of carboxylic acids is 1. The van der Waals surface area contributed by atoms with Crippen LogP contribution < -0.4 is 0 Å². The molecule has 5 rings (SSSR count). The zero-order valence-corrected chi connectivity index (χ0v) is 20.0. The van der Waals surface area contributed by atoms with Gasteiger partial charge >= 0.3 is 5.97 Å². The van der Waals surface area contributed by atoms with Crippen molar-refractivity contribution in [3.8, 4) is 11.1 Å². The number of amides is 1. The van der Waals surface area contributed by atoms with Gasteiger partial charge in [-0.1, -0.05) is 35.9 Å². The van der Waals surface area contributed by atoms with Crippen LogP contribution in [0.3, 0.4) is 0 Å². The molecule has 1 amide bonds. The summed E-state index contributed by atoms with van der Waals surface area (Å²) in [6.45, 7) is 0.234. The van der Waals surface area contributed by atoms with E-state index in [4.69, 9.17) is 11.6 Å². The Labute approximate surface area is 210 Å². The van der Waals surface area contributed by atoms with Gasteiger partial charge in [-0.2, -0.15) is 0 Å². The molecule has 0 spiro atoms. The third-order valence-corrected chi connectivity index (χ3v) is 7.95. The first-order chi connectivity index (χ1) is 16.8. The smallest absolute Gasteiger partial charge is 0.326 e. The molecule has 2 aliphatic rings. The molecule has 5 nitrogen and oxygen atoms in total. The molecule has 2 heterocycles. The molecule has 1 aromatic heterocycles. The van der Waals surface area contributed by atoms with Crippen LogP contribution in [0.25, 0.3) is 11.1 Å². The molecule has 1 aliphatic heterocycles. The molecule has 0 radical (unpaired) electrons. The molecule has 35 heavy (non-hydrogen) atoms.